The molecule has 0 radical (unpaired) electrons. The fourth-order valence-electron chi connectivity index (χ4n) is 0.911. The van der Waals surface area contributed by atoms with Gasteiger partial charge in [-0.3, -0.25) is 0 Å². The highest BCUT2D eigenvalue weighted by molar-refractivity contribution is 7.85. The minimum Gasteiger partial charge on any atom is -0.748 e. The van der Waals surface area contributed by atoms with Crippen molar-refractivity contribution in [3.05, 3.63) is 0 Å². The van der Waals surface area contributed by atoms with Gasteiger partial charge in [0.05, 0.1) is 20.2 Å². The average molecular weight is 244 g/mol. The second kappa shape index (κ2) is 5.64. The summed E-state index contributed by atoms with van der Waals surface area (Å²) < 4.78 is 60.7. The van der Waals surface area contributed by atoms with Crippen LogP contribution in [0.3, 0.4) is 0 Å². The molecule has 0 saturated carbocycles. The molecule has 0 aliphatic rings. The first-order valence-corrected chi connectivity index (χ1v) is 7.23. The SMILES string of the molecule is O=S(=O)([O-])CCCCCCS(=O)(=O)[O-]. The summed E-state index contributed by atoms with van der Waals surface area (Å²) in [6, 6.07) is 0. The van der Waals surface area contributed by atoms with Gasteiger partial charge in [0.15, 0.2) is 0 Å². The van der Waals surface area contributed by atoms with Gasteiger partial charge in [-0.15, -0.1) is 0 Å². The molecule has 0 N–H and O–H groups in total. The van der Waals surface area contributed by atoms with Crippen LogP contribution in [-0.2, 0) is 20.2 Å². The molecule has 0 bridgehead atoms. The van der Waals surface area contributed by atoms with E-state index in [1.54, 1.807) is 0 Å². The largest absolute Gasteiger partial charge is 0.748 e. The second-order valence-corrected chi connectivity index (χ2v) is 5.99. The van der Waals surface area contributed by atoms with Crippen LogP contribution in [0.2, 0.25) is 0 Å². The molecule has 0 aromatic rings. The van der Waals surface area contributed by atoms with Crippen LogP contribution in [-0.4, -0.2) is 37.4 Å². The molecule has 0 aliphatic heterocycles. The molecule has 0 heterocycles. The fourth-order valence-corrected chi connectivity index (χ4v) is 2.03. The van der Waals surface area contributed by atoms with Crippen LogP contribution in [0, 0.1) is 0 Å². The monoisotopic (exact) mass is 244 g/mol. The Bertz CT molecular complexity index is 305. The molecule has 14 heavy (non-hydrogen) atoms. The van der Waals surface area contributed by atoms with Gasteiger partial charge in [-0.05, 0) is 12.8 Å². The summed E-state index contributed by atoms with van der Waals surface area (Å²) in [5.74, 6) is -0.867. The van der Waals surface area contributed by atoms with Crippen LogP contribution in [0.25, 0.3) is 0 Å². The molecule has 0 atom stereocenters. The zero-order valence-electron chi connectivity index (χ0n) is 7.51. The van der Waals surface area contributed by atoms with Crippen LogP contribution >= 0.6 is 0 Å². The molecule has 6 nitrogen and oxygen atoms in total. The maximum atomic E-state index is 10.1. The summed E-state index contributed by atoms with van der Waals surface area (Å²) in [6.45, 7) is 0. The van der Waals surface area contributed by atoms with Gasteiger partial charge in [-0.2, -0.15) is 0 Å². The van der Waals surface area contributed by atoms with Crippen LogP contribution in [0.15, 0.2) is 0 Å². The maximum Gasteiger partial charge on any atom is 0.0945 e. The molecule has 0 amide bonds. The standard InChI is InChI=1S/C6H14O6S2/c7-13(8,9)5-3-1-2-4-6-14(10,11)12/h1-6H2,(H,7,8,9)(H,10,11,12)/p-2. The number of unbranched alkanes of at least 4 members (excludes halogenated alkanes) is 3. The summed E-state index contributed by atoms with van der Waals surface area (Å²) in [4.78, 5) is 0. The van der Waals surface area contributed by atoms with Crippen LogP contribution in [0.4, 0.5) is 0 Å². The predicted molar refractivity (Wildman–Crippen MR) is 47.6 cm³/mol. The molecule has 0 rings (SSSR count). The fraction of sp³-hybridized carbons (Fsp3) is 1.00. The first-order valence-electron chi connectivity index (χ1n) is 4.08. The van der Waals surface area contributed by atoms with Crippen molar-refractivity contribution < 1.29 is 25.9 Å². The highest BCUT2D eigenvalue weighted by atomic mass is 32.2. The molecule has 8 heteroatoms. The number of hydrogen-bond donors (Lipinski definition) is 0. The Balaban J connectivity index is 3.41. The predicted octanol–water partition coefficient (Wildman–Crippen LogP) is -0.363. The van der Waals surface area contributed by atoms with E-state index in [2.05, 4.69) is 0 Å². The van der Waals surface area contributed by atoms with E-state index in [-0.39, 0.29) is 12.8 Å². The van der Waals surface area contributed by atoms with E-state index in [0.717, 1.165) is 0 Å². The third-order valence-corrected chi connectivity index (χ3v) is 3.12. The van der Waals surface area contributed by atoms with E-state index < -0.39 is 31.7 Å². The number of rotatable bonds is 7. The van der Waals surface area contributed by atoms with Gasteiger partial charge in [-0.25, -0.2) is 16.8 Å². The smallest absolute Gasteiger partial charge is 0.0945 e. The Morgan fingerprint density at radius 3 is 1.14 bits per heavy atom. The molecule has 0 fully saturated rings. The van der Waals surface area contributed by atoms with Gasteiger partial charge in [0, 0.05) is 11.5 Å². The molecule has 0 spiro atoms. The Morgan fingerprint density at radius 1 is 0.643 bits per heavy atom. The molecule has 0 aromatic carbocycles. The molecular weight excluding hydrogens is 232 g/mol. The van der Waals surface area contributed by atoms with E-state index >= 15 is 0 Å². The van der Waals surface area contributed by atoms with Crippen LogP contribution in [0.1, 0.15) is 25.7 Å². The lowest BCUT2D eigenvalue weighted by atomic mass is 10.2. The topological polar surface area (TPSA) is 114 Å². The van der Waals surface area contributed by atoms with Crippen molar-refractivity contribution in [1.82, 2.24) is 0 Å². The minimum atomic E-state index is -4.17. The van der Waals surface area contributed by atoms with Crippen molar-refractivity contribution >= 4 is 20.2 Å². The van der Waals surface area contributed by atoms with Gasteiger partial charge < -0.3 is 9.11 Å². The zero-order valence-corrected chi connectivity index (χ0v) is 9.14. The first-order chi connectivity index (χ1) is 6.21. The molecule has 86 valence electrons. The van der Waals surface area contributed by atoms with E-state index in [0.29, 0.717) is 12.8 Å². The van der Waals surface area contributed by atoms with Crippen molar-refractivity contribution in [2.75, 3.05) is 11.5 Å². The van der Waals surface area contributed by atoms with E-state index in [1.165, 1.54) is 0 Å². The third kappa shape index (κ3) is 11.8. The van der Waals surface area contributed by atoms with Crippen molar-refractivity contribution in [1.29, 1.82) is 0 Å². The van der Waals surface area contributed by atoms with E-state index in [9.17, 15) is 25.9 Å². The van der Waals surface area contributed by atoms with Gasteiger partial charge >= 0.3 is 0 Å². The van der Waals surface area contributed by atoms with Crippen LogP contribution < -0.4 is 0 Å². The number of hydrogen-bond acceptors (Lipinski definition) is 6. The molecular formula is C6H12O6S2-2. The van der Waals surface area contributed by atoms with Crippen molar-refractivity contribution in [2.24, 2.45) is 0 Å². The Hall–Kier alpha value is -0.180. The van der Waals surface area contributed by atoms with Gasteiger partial charge in [-0.1, -0.05) is 12.8 Å². The lowest BCUT2D eigenvalue weighted by Gasteiger charge is -2.07. The van der Waals surface area contributed by atoms with Crippen molar-refractivity contribution in [3.8, 4) is 0 Å². The summed E-state index contributed by atoms with van der Waals surface area (Å²) >= 11 is 0. The molecule has 0 saturated heterocycles. The Labute approximate surface area is 83.8 Å². The second-order valence-electron chi connectivity index (χ2n) is 2.94. The third-order valence-electron chi connectivity index (χ3n) is 1.54. The Kier molecular flexibility index (Phi) is 5.57. The summed E-state index contributed by atoms with van der Waals surface area (Å²) in [7, 11) is -8.34. The van der Waals surface area contributed by atoms with Crippen molar-refractivity contribution in [3.63, 3.8) is 0 Å². The zero-order chi connectivity index (χ0) is 11.2. The normalized spacial score (nSPS) is 13.0. The van der Waals surface area contributed by atoms with Gasteiger partial charge in [0.25, 0.3) is 0 Å². The maximum absolute atomic E-state index is 10.1. The molecule has 0 unspecified atom stereocenters. The molecule has 0 aliphatic carbocycles. The highest BCUT2D eigenvalue weighted by Crippen LogP contribution is 2.03. The average Bonchev–Trinajstić information content (AvgIpc) is 1.92. The lowest BCUT2D eigenvalue weighted by Crippen LogP contribution is -2.05. The summed E-state index contributed by atoms with van der Waals surface area (Å²) in [5, 5.41) is 0. The van der Waals surface area contributed by atoms with Crippen LogP contribution in [0.5, 0.6) is 0 Å². The van der Waals surface area contributed by atoms with Gasteiger partial charge in [0.1, 0.15) is 0 Å². The Morgan fingerprint density at radius 2 is 0.929 bits per heavy atom. The van der Waals surface area contributed by atoms with Gasteiger partial charge in [0.2, 0.25) is 0 Å². The highest BCUT2D eigenvalue weighted by Gasteiger charge is 1.97. The molecule has 0 aromatic heterocycles. The lowest BCUT2D eigenvalue weighted by molar-refractivity contribution is 0.454. The first kappa shape index (κ1) is 13.8. The van der Waals surface area contributed by atoms with Crippen molar-refractivity contribution in [2.45, 2.75) is 25.7 Å². The summed E-state index contributed by atoms with van der Waals surface area (Å²) in [6.07, 6.45) is 1.31. The quantitative estimate of drug-likeness (QED) is 0.446. The minimum absolute atomic E-state index is 0.213. The van der Waals surface area contributed by atoms with E-state index in [1.807, 2.05) is 0 Å². The summed E-state index contributed by atoms with van der Waals surface area (Å²) in [5.41, 5.74) is 0. The van der Waals surface area contributed by atoms with E-state index in [4.69, 9.17) is 0 Å².